The number of amides is 1. The van der Waals surface area contributed by atoms with Crippen LogP contribution in [0.25, 0.3) is 0 Å². The van der Waals surface area contributed by atoms with E-state index in [0.29, 0.717) is 11.7 Å². The Morgan fingerprint density at radius 3 is 2.34 bits per heavy atom. The number of ketones is 1. The summed E-state index contributed by atoms with van der Waals surface area (Å²) in [6, 6.07) is 6.15. The highest BCUT2D eigenvalue weighted by molar-refractivity contribution is 5.95. The number of primary amides is 1. The molecule has 174 valence electrons. The quantitative estimate of drug-likeness (QED) is 0.587. The molecule has 0 bridgehead atoms. The Morgan fingerprint density at radius 2 is 1.69 bits per heavy atom. The van der Waals surface area contributed by atoms with Crippen LogP contribution in [0.2, 0.25) is 0 Å². The SMILES string of the molecule is C[C@]12CCC(=O)C=C1CC[C@@H]1[C@@H]2CC[C@@]2(C)[C@H]1CC[C@]2(C)O.NC(=O)c1ccccc1O. The van der Waals surface area contributed by atoms with Crippen molar-refractivity contribution in [3.63, 3.8) is 0 Å². The lowest BCUT2D eigenvalue weighted by Gasteiger charge is -2.58. The van der Waals surface area contributed by atoms with Crippen LogP contribution in [0.4, 0.5) is 0 Å². The van der Waals surface area contributed by atoms with Gasteiger partial charge in [-0.25, -0.2) is 0 Å². The van der Waals surface area contributed by atoms with E-state index in [9.17, 15) is 14.7 Å². The molecular formula is C27H37NO4. The normalized spacial score (nSPS) is 40.2. The molecule has 4 N–H and O–H groups in total. The Kier molecular flexibility index (Phi) is 5.77. The minimum absolute atomic E-state index is 0.0741. The first-order chi connectivity index (χ1) is 15.0. The van der Waals surface area contributed by atoms with E-state index >= 15 is 0 Å². The second-order valence-corrected chi connectivity index (χ2v) is 11.1. The van der Waals surface area contributed by atoms with Crippen LogP contribution in [0.15, 0.2) is 35.9 Å². The summed E-state index contributed by atoms with van der Waals surface area (Å²) in [5.41, 5.74) is 6.39. The topological polar surface area (TPSA) is 101 Å². The van der Waals surface area contributed by atoms with Crippen molar-refractivity contribution in [2.45, 2.75) is 77.7 Å². The summed E-state index contributed by atoms with van der Waals surface area (Å²) >= 11 is 0. The van der Waals surface area contributed by atoms with Gasteiger partial charge in [-0.15, -0.1) is 0 Å². The number of aliphatic hydroxyl groups is 1. The minimum Gasteiger partial charge on any atom is -0.507 e. The zero-order valence-corrected chi connectivity index (χ0v) is 19.6. The molecule has 0 unspecified atom stereocenters. The average molecular weight is 440 g/mol. The van der Waals surface area contributed by atoms with Crippen molar-refractivity contribution in [1.29, 1.82) is 0 Å². The number of hydrogen-bond acceptors (Lipinski definition) is 4. The Balaban J connectivity index is 0.000000207. The summed E-state index contributed by atoms with van der Waals surface area (Å²) in [7, 11) is 0. The molecule has 4 aliphatic carbocycles. The zero-order chi connectivity index (χ0) is 23.3. The third-order valence-corrected chi connectivity index (χ3v) is 9.69. The molecule has 0 aliphatic heterocycles. The summed E-state index contributed by atoms with van der Waals surface area (Å²) < 4.78 is 0. The lowest BCUT2D eigenvalue weighted by molar-refractivity contribution is -0.124. The molecule has 0 heterocycles. The van der Waals surface area contributed by atoms with Gasteiger partial charge >= 0.3 is 0 Å². The molecule has 0 aromatic heterocycles. The Bertz CT molecular complexity index is 951. The second kappa shape index (κ2) is 8.02. The number of para-hydroxylation sites is 1. The van der Waals surface area contributed by atoms with E-state index in [1.807, 2.05) is 6.08 Å². The second-order valence-electron chi connectivity index (χ2n) is 11.1. The minimum atomic E-state index is -0.613. The molecule has 5 nitrogen and oxygen atoms in total. The molecule has 1 aromatic rings. The highest BCUT2D eigenvalue weighted by Crippen LogP contribution is 2.67. The zero-order valence-electron chi connectivity index (χ0n) is 19.6. The fraction of sp³-hybridized carbons (Fsp3) is 0.630. The van der Waals surface area contributed by atoms with E-state index in [1.165, 1.54) is 37.0 Å². The van der Waals surface area contributed by atoms with Gasteiger partial charge in [-0.1, -0.05) is 31.6 Å². The van der Waals surface area contributed by atoms with Gasteiger partial charge in [0.1, 0.15) is 5.75 Å². The maximum Gasteiger partial charge on any atom is 0.252 e. The van der Waals surface area contributed by atoms with Crippen molar-refractivity contribution in [3.05, 3.63) is 41.5 Å². The molecule has 4 aliphatic rings. The lowest BCUT2D eigenvalue weighted by atomic mass is 9.46. The fourth-order valence-electron chi connectivity index (χ4n) is 7.48. The smallest absolute Gasteiger partial charge is 0.252 e. The van der Waals surface area contributed by atoms with Gasteiger partial charge < -0.3 is 15.9 Å². The van der Waals surface area contributed by atoms with Crippen molar-refractivity contribution in [3.8, 4) is 5.75 Å². The van der Waals surface area contributed by atoms with E-state index in [2.05, 4.69) is 20.8 Å². The Morgan fingerprint density at radius 1 is 1.00 bits per heavy atom. The number of allylic oxidation sites excluding steroid dienone is 1. The van der Waals surface area contributed by atoms with Crippen LogP contribution in [0.1, 0.15) is 82.5 Å². The van der Waals surface area contributed by atoms with E-state index < -0.39 is 11.5 Å². The number of hydrogen-bond donors (Lipinski definition) is 3. The standard InChI is InChI=1S/C20H30O2.C7H7NO2/c1-18-9-6-14(21)12-13(18)4-5-15-16(18)7-10-19(2)17(15)8-11-20(19,3)22;8-7(10)5-3-1-2-4-6(5)9/h12,15-17,22H,4-11H2,1-3H3;1-4,9H,(H2,8,10)/t15-,16+,17+,18+,19+,20+;/m1./s1. The van der Waals surface area contributed by atoms with Gasteiger partial charge in [0.05, 0.1) is 11.2 Å². The van der Waals surface area contributed by atoms with Crippen molar-refractivity contribution < 1.29 is 19.8 Å². The van der Waals surface area contributed by atoms with Gasteiger partial charge in [-0.05, 0) is 98.7 Å². The Hall–Kier alpha value is -2.14. The number of aromatic hydroxyl groups is 1. The fourth-order valence-corrected chi connectivity index (χ4v) is 7.48. The summed E-state index contributed by atoms with van der Waals surface area (Å²) in [5, 5.41) is 19.9. The van der Waals surface area contributed by atoms with Crippen LogP contribution < -0.4 is 5.73 Å². The number of carbonyl (C=O) groups excluding carboxylic acids is 2. The summed E-state index contributed by atoms with van der Waals surface area (Å²) in [6.07, 6.45) is 10.7. The number of nitrogens with two attached hydrogens (primary N) is 1. The molecule has 1 aromatic carbocycles. The summed E-state index contributed by atoms with van der Waals surface area (Å²) in [6.45, 7) is 6.85. The molecule has 1 amide bonds. The van der Waals surface area contributed by atoms with Crippen molar-refractivity contribution in [2.75, 3.05) is 0 Å². The van der Waals surface area contributed by atoms with Crippen molar-refractivity contribution in [1.82, 2.24) is 0 Å². The van der Waals surface area contributed by atoms with Crippen LogP contribution in [-0.2, 0) is 4.79 Å². The van der Waals surface area contributed by atoms with Crippen LogP contribution in [0.3, 0.4) is 0 Å². The molecule has 0 radical (unpaired) electrons. The predicted molar refractivity (Wildman–Crippen MR) is 124 cm³/mol. The van der Waals surface area contributed by atoms with Gasteiger partial charge in [0.2, 0.25) is 0 Å². The summed E-state index contributed by atoms with van der Waals surface area (Å²) in [5.74, 6) is 1.82. The maximum absolute atomic E-state index is 11.8. The number of phenols is 1. The lowest BCUT2D eigenvalue weighted by Crippen LogP contribution is -2.53. The van der Waals surface area contributed by atoms with E-state index in [0.717, 1.165) is 43.9 Å². The van der Waals surface area contributed by atoms with Crippen molar-refractivity contribution >= 4 is 11.7 Å². The largest absolute Gasteiger partial charge is 0.507 e. The third-order valence-electron chi connectivity index (χ3n) is 9.69. The van der Waals surface area contributed by atoms with Crippen LogP contribution in [-0.4, -0.2) is 27.5 Å². The molecule has 32 heavy (non-hydrogen) atoms. The molecule has 5 rings (SSSR count). The van der Waals surface area contributed by atoms with E-state index in [-0.39, 0.29) is 22.1 Å². The molecular weight excluding hydrogens is 402 g/mol. The Labute approximate surface area is 191 Å². The molecule has 0 saturated heterocycles. The third kappa shape index (κ3) is 3.59. The molecule has 5 heteroatoms. The highest BCUT2D eigenvalue weighted by atomic mass is 16.3. The number of rotatable bonds is 1. The number of carbonyl (C=O) groups is 2. The molecule has 6 atom stereocenters. The van der Waals surface area contributed by atoms with Gasteiger partial charge in [0.15, 0.2) is 5.78 Å². The van der Waals surface area contributed by atoms with Gasteiger partial charge in [0.25, 0.3) is 5.91 Å². The first kappa shape index (κ1) is 23.0. The average Bonchev–Trinajstić information content (AvgIpc) is 2.98. The van der Waals surface area contributed by atoms with Crippen LogP contribution >= 0.6 is 0 Å². The van der Waals surface area contributed by atoms with Crippen LogP contribution in [0, 0.1) is 28.6 Å². The van der Waals surface area contributed by atoms with E-state index in [4.69, 9.17) is 10.8 Å². The molecule has 3 fully saturated rings. The number of benzene rings is 1. The molecule has 3 saturated carbocycles. The highest BCUT2D eigenvalue weighted by Gasteiger charge is 2.62. The summed E-state index contributed by atoms with van der Waals surface area (Å²) in [4.78, 5) is 22.3. The van der Waals surface area contributed by atoms with Gasteiger partial charge in [-0.3, -0.25) is 9.59 Å². The predicted octanol–water partition coefficient (Wildman–Crippen LogP) is 4.76. The van der Waals surface area contributed by atoms with Crippen LogP contribution in [0.5, 0.6) is 5.75 Å². The maximum atomic E-state index is 11.8. The van der Waals surface area contributed by atoms with Gasteiger partial charge in [-0.2, -0.15) is 0 Å². The van der Waals surface area contributed by atoms with Crippen molar-refractivity contribution in [2.24, 2.45) is 34.3 Å². The number of fused-ring (bicyclic) bond motifs is 5. The first-order valence-electron chi connectivity index (χ1n) is 12.0. The first-order valence-corrected chi connectivity index (χ1v) is 12.0. The van der Waals surface area contributed by atoms with Gasteiger partial charge in [0, 0.05) is 6.42 Å². The monoisotopic (exact) mass is 439 g/mol. The van der Waals surface area contributed by atoms with E-state index in [1.54, 1.807) is 12.1 Å². The molecule has 0 spiro atoms.